The SMILES string of the molecule is Cc1cc(C)cc(NS(=O)(=O)c2ccc(CCN3CCCC3=O)cc2)c1. The van der Waals surface area contributed by atoms with Crippen LogP contribution in [0.1, 0.15) is 29.5 Å². The maximum absolute atomic E-state index is 12.6. The average molecular weight is 372 g/mol. The van der Waals surface area contributed by atoms with Gasteiger partial charge in [0.05, 0.1) is 4.90 Å². The third-order valence-corrected chi connectivity index (χ3v) is 5.95. The molecule has 6 heteroatoms. The van der Waals surface area contributed by atoms with Crippen LogP contribution in [0.25, 0.3) is 0 Å². The molecule has 138 valence electrons. The molecule has 0 aromatic heterocycles. The van der Waals surface area contributed by atoms with E-state index in [4.69, 9.17) is 0 Å². The van der Waals surface area contributed by atoms with Gasteiger partial charge >= 0.3 is 0 Å². The number of sulfonamides is 1. The lowest BCUT2D eigenvalue weighted by atomic mass is 10.1. The Kier molecular flexibility index (Phi) is 5.32. The van der Waals surface area contributed by atoms with Crippen molar-refractivity contribution in [1.82, 2.24) is 4.90 Å². The van der Waals surface area contributed by atoms with E-state index in [1.54, 1.807) is 12.1 Å². The molecule has 26 heavy (non-hydrogen) atoms. The molecule has 0 saturated carbocycles. The van der Waals surface area contributed by atoms with Gasteiger partial charge in [-0.05, 0) is 67.6 Å². The van der Waals surface area contributed by atoms with E-state index in [1.165, 1.54) is 0 Å². The number of nitrogens with one attached hydrogen (secondary N) is 1. The molecule has 0 radical (unpaired) electrons. The molecule has 1 amide bonds. The summed E-state index contributed by atoms with van der Waals surface area (Å²) in [6.45, 7) is 5.38. The van der Waals surface area contributed by atoms with Gasteiger partial charge in [-0.15, -0.1) is 0 Å². The van der Waals surface area contributed by atoms with Gasteiger partial charge in [-0.3, -0.25) is 9.52 Å². The molecule has 2 aromatic rings. The summed E-state index contributed by atoms with van der Waals surface area (Å²) < 4.78 is 27.8. The number of hydrogen-bond acceptors (Lipinski definition) is 3. The minimum Gasteiger partial charge on any atom is -0.342 e. The Morgan fingerprint density at radius 2 is 1.69 bits per heavy atom. The molecule has 1 saturated heterocycles. The first-order chi connectivity index (χ1) is 12.3. The number of aryl methyl sites for hydroxylation is 2. The number of carbonyl (C=O) groups excluding carboxylic acids is 1. The van der Waals surface area contributed by atoms with Gasteiger partial charge in [0.25, 0.3) is 10.0 Å². The Morgan fingerprint density at radius 1 is 1.04 bits per heavy atom. The summed E-state index contributed by atoms with van der Waals surface area (Å²) in [4.78, 5) is 13.7. The van der Waals surface area contributed by atoms with Gasteiger partial charge in [0.2, 0.25) is 5.91 Å². The molecule has 1 heterocycles. The van der Waals surface area contributed by atoms with E-state index in [2.05, 4.69) is 4.72 Å². The maximum Gasteiger partial charge on any atom is 0.261 e. The number of carbonyl (C=O) groups is 1. The third kappa shape index (κ3) is 4.43. The van der Waals surface area contributed by atoms with E-state index >= 15 is 0 Å². The van der Waals surface area contributed by atoms with Crippen LogP contribution < -0.4 is 4.72 Å². The quantitative estimate of drug-likeness (QED) is 0.846. The van der Waals surface area contributed by atoms with Crippen molar-refractivity contribution in [3.63, 3.8) is 0 Å². The van der Waals surface area contributed by atoms with E-state index < -0.39 is 10.0 Å². The first kappa shape index (κ1) is 18.5. The molecule has 1 aliphatic heterocycles. The normalized spacial score (nSPS) is 14.7. The van der Waals surface area contributed by atoms with Gasteiger partial charge in [-0.2, -0.15) is 0 Å². The Bertz CT molecular complexity index is 885. The molecule has 5 nitrogen and oxygen atoms in total. The van der Waals surface area contributed by atoms with E-state index in [0.29, 0.717) is 18.7 Å². The predicted octanol–water partition coefficient (Wildman–Crippen LogP) is 3.27. The van der Waals surface area contributed by atoms with E-state index in [1.807, 2.05) is 49.1 Å². The van der Waals surface area contributed by atoms with Crippen LogP contribution in [0.5, 0.6) is 0 Å². The highest BCUT2D eigenvalue weighted by Crippen LogP contribution is 2.20. The van der Waals surface area contributed by atoms with Crippen molar-refractivity contribution in [2.45, 2.75) is 38.0 Å². The molecule has 2 aromatic carbocycles. The number of hydrogen-bond donors (Lipinski definition) is 1. The van der Waals surface area contributed by atoms with E-state index in [-0.39, 0.29) is 10.8 Å². The second-order valence-electron chi connectivity index (χ2n) is 6.86. The zero-order valence-electron chi connectivity index (χ0n) is 15.2. The van der Waals surface area contributed by atoms with Crippen LogP contribution in [0.2, 0.25) is 0 Å². The lowest BCUT2D eigenvalue weighted by Gasteiger charge is -2.15. The molecular formula is C20H24N2O3S. The monoisotopic (exact) mass is 372 g/mol. The summed E-state index contributed by atoms with van der Waals surface area (Å²) in [5.74, 6) is 0.210. The Labute approximate surface area is 155 Å². The summed E-state index contributed by atoms with van der Waals surface area (Å²) in [5.41, 5.74) is 3.61. The van der Waals surface area contributed by atoms with Gasteiger partial charge in [0.1, 0.15) is 0 Å². The lowest BCUT2D eigenvalue weighted by Crippen LogP contribution is -2.26. The molecule has 1 aliphatic rings. The van der Waals surface area contributed by atoms with Crippen LogP contribution in [-0.4, -0.2) is 32.3 Å². The Hall–Kier alpha value is -2.34. The smallest absolute Gasteiger partial charge is 0.261 e. The summed E-state index contributed by atoms with van der Waals surface area (Å²) in [7, 11) is -3.62. The van der Waals surface area contributed by atoms with Crippen LogP contribution in [0.4, 0.5) is 5.69 Å². The zero-order chi connectivity index (χ0) is 18.7. The summed E-state index contributed by atoms with van der Waals surface area (Å²) in [5, 5.41) is 0. The second-order valence-corrected chi connectivity index (χ2v) is 8.54. The summed E-state index contributed by atoms with van der Waals surface area (Å²) in [6, 6.07) is 12.5. The number of amides is 1. The fourth-order valence-electron chi connectivity index (χ4n) is 3.29. The van der Waals surface area contributed by atoms with E-state index in [0.717, 1.165) is 36.1 Å². The average Bonchev–Trinajstić information content (AvgIpc) is 2.97. The highest BCUT2D eigenvalue weighted by Gasteiger charge is 2.19. The van der Waals surface area contributed by atoms with Crippen LogP contribution in [0.15, 0.2) is 47.4 Å². The van der Waals surface area contributed by atoms with Crippen molar-refractivity contribution in [2.24, 2.45) is 0 Å². The number of anilines is 1. The number of benzene rings is 2. The number of nitrogens with zero attached hydrogens (tertiary/aromatic N) is 1. The molecule has 0 spiro atoms. The van der Waals surface area contributed by atoms with Crippen LogP contribution >= 0.6 is 0 Å². The minimum atomic E-state index is -3.62. The minimum absolute atomic E-state index is 0.210. The van der Waals surface area contributed by atoms with Crippen molar-refractivity contribution < 1.29 is 13.2 Å². The van der Waals surface area contributed by atoms with Crippen LogP contribution in [0.3, 0.4) is 0 Å². The van der Waals surface area contributed by atoms with Crippen molar-refractivity contribution in [1.29, 1.82) is 0 Å². The molecule has 1 N–H and O–H groups in total. The van der Waals surface area contributed by atoms with Crippen molar-refractivity contribution >= 4 is 21.6 Å². The van der Waals surface area contributed by atoms with Gasteiger partial charge in [0, 0.05) is 25.2 Å². The van der Waals surface area contributed by atoms with Crippen molar-refractivity contribution in [3.05, 3.63) is 59.2 Å². The van der Waals surface area contributed by atoms with Gasteiger partial charge < -0.3 is 4.90 Å². The zero-order valence-corrected chi connectivity index (χ0v) is 16.0. The van der Waals surface area contributed by atoms with Crippen molar-refractivity contribution in [3.8, 4) is 0 Å². The molecule has 0 unspecified atom stereocenters. The van der Waals surface area contributed by atoms with E-state index in [9.17, 15) is 13.2 Å². The maximum atomic E-state index is 12.6. The topological polar surface area (TPSA) is 66.5 Å². The standard InChI is InChI=1S/C20H24N2O3S/c1-15-12-16(2)14-18(13-15)21-26(24,25)19-7-5-17(6-8-19)9-11-22-10-3-4-20(22)23/h5-8,12-14,21H,3-4,9-11H2,1-2H3. The largest absolute Gasteiger partial charge is 0.342 e. The third-order valence-electron chi connectivity index (χ3n) is 4.55. The van der Waals surface area contributed by atoms with Crippen LogP contribution in [0, 0.1) is 13.8 Å². The predicted molar refractivity (Wildman–Crippen MR) is 103 cm³/mol. The van der Waals surface area contributed by atoms with Gasteiger partial charge in [-0.25, -0.2) is 8.42 Å². The first-order valence-corrected chi connectivity index (χ1v) is 10.3. The van der Waals surface area contributed by atoms with Crippen molar-refractivity contribution in [2.75, 3.05) is 17.8 Å². The molecule has 0 bridgehead atoms. The number of likely N-dealkylation sites (tertiary alicyclic amines) is 1. The molecule has 1 fully saturated rings. The first-order valence-electron chi connectivity index (χ1n) is 8.81. The number of rotatable bonds is 6. The molecule has 0 atom stereocenters. The molecule has 3 rings (SSSR count). The lowest BCUT2D eigenvalue weighted by molar-refractivity contribution is -0.127. The summed E-state index contributed by atoms with van der Waals surface area (Å²) in [6.07, 6.45) is 2.30. The highest BCUT2D eigenvalue weighted by atomic mass is 32.2. The van der Waals surface area contributed by atoms with Gasteiger partial charge in [-0.1, -0.05) is 18.2 Å². The van der Waals surface area contributed by atoms with Crippen LogP contribution in [-0.2, 0) is 21.2 Å². The Morgan fingerprint density at radius 3 is 2.27 bits per heavy atom. The fraction of sp³-hybridized carbons (Fsp3) is 0.350. The molecule has 0 aliphatic carbocycles. The Balaban J connectivity index is 1.67. The molecular weight excluding hydrogens is 348 g/mol. The summed E-state index contributed by atoms with van der Waals surface area (Å²) >= 11 is 0. The van der Waals surface area contributed by atoms with Gasteiger partial charge in [0.15, 0.2) is 0 Å². The fourth-order valence-corrected chi connectivity index (χ4v) is 4.33. The highest BCUT2D eigenvalue weighted by molar-refractivity contribution is 7.92. The second kappa shape index (κ2) is 7.50.